The number of nitrogens with zero attached hydrogens (tertiary/aromatic N) is 9. The molecule has 17 nitrogen and oxygen atoms in total. The van der Waals surface area contributed by atoms with Crippen LogP contribution in [0.3, 0.4) is 0 Å². The second kappa shape index (κ2) is 24.7. The van der Waals surface area contributed by atoms with E-state index in [1.807, 2.05) is 133 Å². The minimum absolute atomic E-state index is 0. The molecule has 0 saturated heterocycles. The smallest absolute Gasteiger partial charge is 0.261 e. The van der Waals surface area contributed by atoms with Gasteiger partial charge in [-0.1, -0.05) is 84.9 Å². The molecular formula is C39H29Cl2N9O8Ru. The van der Waals surface area contributed by atoms with Crippen molar-refractivity contribution in [2.75, 3.05) is 0 Å². The number of halogens is 2. The van der Waals surface area contributed by atoms with Crippen LogP contribution < -0.4 is 37.3 Å². The number of hydrogen-bond donors (Lipinski definition) is 0. The monoisotopic (exact) mass is 923 g/mol. The van der Waals surface area contributed by atoms with Gasteiger partial charge in [0.05, 0.1) is 29.0 Å². The van der Waals surface area contributed by atoms with Gasteiger partial charge in [0.2, 0.25) is 5.82 Å². The van der Waals surface area contributed by atoms with E-state index < -0.39 is 20.5 Å². The van der Waals surface area contributed by atoms with Gasteiger partial charge in [-0.3, -0.25) is 24.9 Å². The zero-order valence-corrected chi connectivity index (χ0v) is 33.4. The van der Waals surface area contributed by atoms with E-state index in [0.29, 0.717) is 11.5 Å². The SMILES string of the molecule is [O-][Cl+3]([O-])([O-])[O-].[O-][Cl+3]([O-])([O-])[O-].[Ru+2].c1ccc(-c2ccccn2)nc1.c1ccc(-c2ccccn2)nc1.c1ccc(-c2nnc(-c3cnccn3)nc2-c2ccccc2)cc1. The second-order valence-corrected chi connectivity index (χ2v) is 12.3. The van der Waals surface area contributed by atoms with Gasteiger partial charge >= 0.3 is 19.5 Å². The van der Waals surface area contributed by atoms with Crippen molar-refractivity contribution in [1.82, 2.24) is 45.1 Å². The molecule has 0 amide bonds. The fourth-order valence-corrected chi connectivity index (χ4v) is 4.49. The molecule has 0 atom stereocenters. The summed E-state index contributed by atoms with van der Waals surface area (Å²) in [6.07, 6.45) is 11.9. The van der Waals surface area contributed by atoms with Gasteiger partial charge in [0.15, 0.2) is 0 Å². The summed E-state index contributed by atoms with van der Waals surface area (Å²) >= 11 is 0. The quantitative estimate of drug-likeness (QED) is 0.176. The summed E-state index contributed by atoms with van der Waals surface area (Å²) in [5.41, 5.74) is 7.74. The first-order valence-corrected chi connectivity index (χ1v) is 18.8. The summed E-state index contributed by atoms with van der Waals surface area (Å²) in [6, 6.07) is 43.1. The molecule has 0 aliphatic heterocycles. The van der Waals surface area contributed by atoms with E-state index in [1.54, 1.807) is 43.4 Å². The first-order chi connectivity index (χ1) is 27.8. The number of rotatable bonds is 5. The van der Waals surface area contributed by atoms with Gasteiger partial charge in [-0.05, 0) is 48.5 Å². The molecule has 0 aliphatic carbocycles. The standard InChI is InChI=1S/C19H13N5.2C10H8N2.2ClHO4.Ru/c1-3-7-14(8-4-1)17-18(15-9-5-2-6-10-15)23-24-19(22-17)16-13-20-11-12-21-16;2*1-3-7-11-9(5-1)10-6-2-4-8-12-10;2*2-1(3,4)5;/h1-13H;2*1-8H;2*(H,2,3,4,5);/q;;;;;+2/p-2. The Bertz CT molecular complexity index is 2160. The molecule has 8 rings (SSSR count). The summed E-state index contributed by atoms with van der Waals surface area (Å²) in [7, 11) is -9.89. The molecule has 0 bridgehead atoms. The van der Waals surface area contributed by atoms with Crippen LogP contribution in [0.15, 0.2) is 177 Å². The van der Waals surface area contributed by atoms with E-state index in [2.05, 4.69) is 40.1 Å². The Balaban J connectivity index is 0.000000225. The first-order valence-electron chi connectivity index (χ1n) is 16.4. The molecule has 0 N–H and O–H groups in total. The van der Waals surface area contributed by atoms with Crippen LogP contribution in [-0.4, -0.2) is 45.1 Å². The van der Waals surface area contributed by atoms with Crippen molar-refractivity contribution >= 4 is 0 Å². The predicted octanol–water partition coefficient (Wildman–Crippen LogP) is -1.56. The van der Waals surface area contributed by atoms with Gasteiger partial charge in [0.25, 0.3) is 0 Å². The normalized spacial score (nSPS) is 10.2. The minimum Gasteiger partial charge on any atom is -0.261 e. The number of aromatic nitrogens is 9. The third-order valence-corrected chi connectivity index (χ3v) is 6.76. The Kier molecular flexibility index (Phi) is 19.8. The minimum atomic E-state index is -4.94. The topological polar surface area (TPSA) is 300 Å². The Morgan fingerprint density at radius 1 is 0.339 bits per heavy atom. The van der Waals surface area contributed by atoms with Crippen molar-refractivity contribution < 1.29 is 77.2 Å². The molecule has 20 heteroatoms. The van der Waals surface area contributed by atoms with E-state index in [-0.39, 0.29) is 19.5 Å². The van der Waals surface area contributed by atoms with E-state index in [4.69, 9.17) is 42.3 Å². The van der Waals surface area contributed by atoms with Gasteiger partial charge in [0.1, 0.15) is 17.1 Å². The molecule has 0 radical (unpaired) electrons. The van der Waals surface area contributed by atoms with E-state index >= 15 is 0 Å². The van der Waals surface area contributed by atoms with Crippen molar-refractivity contribution in [3.8, 4) is 56.8 Å². The Morgan fingerprint density at radius 2 is 0.678 bits per heavy atom. The van der Waals surface area contributed by atoms with Crippen molar-refractivity contribution in [3.05, 3.63) is 177 Å². The van der Waals surface area contributed by atoms with Gasteiger partial charge in [0, 0.05) is 48.3 Å². The fraction of sp³-hybridized carbons (Fsp3) is 0. The summed E-state index contributed by atoms with van der Waals surface area (Å²) in [6.45, 7) is 0. The van der Waals surface area contributed by atoms with Crippen LogP contribution in [0, 0.1) is 20.5 Å². The molecule has 0 saturated carbocycles. The van der Waals surface area contributed by atoms with Crippen LogP contribution in [0.1, 0.15) is 0 Å². The molecule has 6 heterocycles. The number of benzene rings is 2. The Labute approximate surface area is 354 Å². The fourth-order valence-electron chi connectivity index (χ4n) is 4.49. The molecule has 0 aliphatic rings. The van der Waals surface area contributed by atoms with Crippen LogP contribution in [0.2, 0.25) is 0 Å². The molecule has 300 valence electrons. The van der Waals surface area contributed by atoms with Crippen LogP contribution in [-0.2, 0) is 19.5 Å². The number of hydrogen-bond acceptors (Lipinski definition) is 17. The van der Waals surface area contributed by atoms with Gasteiger partial charge in [-0.15, -0.1) is 30.7 Å². The van der Waals surface area contributed by atoms with E-state index in [9.17, 15) is 0 Å². The number of pyridine rings is 4. The second-order valence-electron chi connectivity index (χ2n) is 10.8. The molecule has 59 heavy (non-hydrogen) atoms. The summed E-state index contributed by atoms with van der Waals surface area (Å²) in [4.78, 5) is 29.8. The molecule has 0 unspecified atom stereocenters. The van der Waals surface area contributed by atoms with Crippen LogP contribution >= 0.6 is 0 Å². The Morgan fingerprint density at radius 3 is 1.00 bits per heavy atom. The summed E-state index contributed by atoms with van der Waals surface area (Å²) < 4.78 is 67.9. The van der Waals surface area contributed by atoms with Gasteiger partial charge in [-0.25, -0.2) is 47.2 Å². The van der Waals surface area contributed by atoms with Gasteiger partial charge < -0.3 is 0 Å². The summed E-state index contributed by atoms with van der Waals surface area (Å²) in [5, 5.41) is 8.67. The molecule has 0 fully saturated rings. The maximum absolute atomic E-state index is 8.49. The van der Waals surface area contributed by atoms with Crippen LogP contribution in [0.4, 0.5) is 0 Å². The molecule has 2 aromatic carbocycles. The predicted molar refractivity (Wildman–Crippen MR) is 187 cm³/mol. The zero-order valence-electron chi connectivity index (χ0n) is 30.1. The average Bonchev–Trinajstić information content (AvgIpc) is 3.25. The van der Waals surface area contributed by atoms with Crippen LogP contribution in [0.5, 0.6) is 0 Å². The molecule has 8 aromatic rings. The van der Waals surface area contributed by atoms with Crippen molar-refractivity contribution in [3.63, 3.8) is 0 Å². The third-order valence-electron chi connectivity index (χ3n) is 6.76. The van der Waals surface area contributed by atoms with Crippen LogP contribution in [0.25, 0.3) is 56.8 Å². The summed E-state index contributed by atoms with van der Waals surface area (Å²) in [5.74, 6) is 0.460. The maximum atomic E-state index is 8.49. The van der Waals surface area contributed by atoms with Crippen molar-refractivity contribution in [1.29, 1.82) is 0 Å². The molecule has 6 aromatic heterocycles. The first kappa shape index (κ1) is 47.4. The molecular weight excluding hydrogens is 894 g/mol. The zero-order chi connectivity index (χ0) is 41.6. The van der Waals surface area contributed by atoms with E-state index in [1.165, 1.54) is 0 Å². The largest absolute Gasteiger partial charge is 2.00 e. The van der Waals surface area contributed by atoms with Crippen molar-refractivity contribution in [2.45, 2.75) is 0 Å². The molecule has 0 spiro atoms. The Hall–Kier alpha value is -5.99. The maximum Gasteiger partial charge on any atom is 2.00 e. The van der Waals surface area contributed by atoms with E-state index in [0.717, 1.165) is 45.3 Å². The third kappa shape index (κ3) is 18.9. The van der Waals surface area contributed by atoms with Crippen molar-refractivity contribution in [2.24, 2.45) is 0 Å². The average molecular weight is 924 g/mol. The van der Waals surface area contributed by atoms with Gasteiger partial charge in [-0.2, -0.15) is 0 Å².